The fourth-order valence-electron chi connectivity index (χ4n) is 5.84. The number of benzene rings is 4. The van der Waals surface area contributed by atoms with Crippen molar-refractivity contribution in [1.29, 1.82) is 0 Å². The predicted octanol–water partition coefficient (Wildman–Crippen LogP) is 5.59. The molecule has 0 radical (unpaired) electrons. The van der Waals surface area contributed by atoms with Crippen molar-refractivity contribution >= 4 is 16.9 Å². The number of amides is 1. The highest BCUT2D eigenvalue weighted by atomic mass is 16.5. The molecule has 0 saturated carbocycles. The van der Waals surface area contributed by atoms with Crippen LogP contribution in [-0.2, 0) is 16.0 Å². The van der Waals surface area contributed by atoms with E-state index < -0.39 is 28.6 Å². The van der Waals surface area contributed by atoms with Gasteiger partial charge in [-0.15, -0.1) is 0 Å². The Bertz CT molecular complexity index is 1930. The summed E-state index contributed by atoms with van der Waals surface area (Å²) in [5.41, 5.74) is 1.49. The third kappa shape index (κ3) is 6.73. The third-order valence-electron chi connectivity index (χ3n) is 8.36. The maximum Gasteiger partial charge on any atom is 0.223 e. The molecule has 47 heavy (non-hydrogen) atoms. The van der Waals surface area contributed by atoms with E-state index in [9.17, 15) is 24.9 Å². The summed E-state index contributed by atoms with van der Waals surface area (Å²) < 4.78 is 23.0. The molecule has 1 amide bonds. The summed E-state index contributed by atoms with van der Waals surface area (Å²) in [7, 11) is 1.62. The van der Waals surface area contributed by atoms with Crippen LogP contribution in [0, 0.1) is 0 Å². The summed E-state index contributed by atoms with van der Waals surface area (Å²) in [5, 5.41) is 32.8. The Balaban J connectivity index is 1.43. The number of carbonyl (C=O) groups excluding carboxylic acids is 1. The summed E-state index contributed by atoms with van der Waals surface area (Å²) in [5.74, 6) is -1.99. The van der Waals surface area contributed by atoms with Gasteiger partial charge in [0.2, 0.25) is 11.7 Å². The maximum absolute atomic E-state index is 13.7. The van der Waals surface area contributed by atoms with Gasteiger partial charge in [0.25, 0.3) is 0 Å². The molecule has 242 valence electrons. The van der Waals surface area contributed by atoms with Gasteiger partial charge in [-0.1, -0.05) is 54.6 Å². The van der Waals surface area contributed by atoms with E-state index in [0.717, 1.165) is 11.3 Å². The van der Waals surface area contributed by atoms with Crippen LogP contribution in [0.2, 0.25) is 0 Å². The Morgan fingerprint density at radius 1 is 0.872 bits per heavy atom. The molecule has 1 aliphatic heterocycles. The van der Waals surface area contributed by atoms with Crippen LogP contribution in [0.4, 0.5) is 0 Å². The average molecular weight is 638 g/mol. The lowest BCUT2D eigenvalue weighted by Gasteiger charge is -2.29. The Kier molecular flexibility index (Phi) is 9.30. The number of rotatable bonds is 10. The number of morpholine rings is 1. The fourth-order valence-corrected chi connectivity index (χ4v) is 5.84. The van der Waals surface area contributed by atoms with Gasteiger partial charge in [-0.25, -0.2) is 0 Å². The van der Waals surface area contributed by atoms with E-state index in [0.29, 0.717) is 56.2 Å². The Morgan fingerprint density at radius 2 is 1.62 bits per heavy atom. The highest BCUT2D eigenvalue weighted by Gasteiger charge is 2.32. The largest absolute Gasteiger partial charge is 0.504 e. The number of hydrogen-bond acceptors (Lipinski definition) is 9. The molecule has 6 rings (SSSR count). The van der Waals surface area contributed by atoms with Gasteiger partial charge < -0.3 is 38.8 Å². The van der Waals surface area contributed by atoms with Gasteiger partial charge in [0.15, 0.2) is 16.9 Å². The monoisotopic (exact) mass is 637 g/mol. The van der Waals surface area contributed by atoms with E-state index in [2.05, 4.69) is 0 Å². The lowest BCUT2D eigenvalue weighted by atomic mass is 9.85. The van der Waals surface area contributed by atoms with Crippen LogP contribution < -0.4 is 14.9 Å². The van der Waals surface area contributed by atoms with Gasteiger partial charge in [-0.3, -0.25) is 9.59 Å². The molecular weight excluding hydrogens is 602 g/mol. The summed E-state index contributed by atoms with van der Waals surface area (Å²) in [6.45, 7) is 1.98. The fraction of sp³-hybridized carbons (Fsp3) is 0.243. The first-order chi connectivity index (χ1) is 22.8. The molecule has 4 aromatic carbocycles. The number of carbonyl (C=O) groups is 1. The number of fused-ring (bicyclic) bond motifs is 1. The molecule has 0 bridgehead atoms. The van der Waals surface area contributed by atoms with Crippen molar-refractivity contribution in [3.05, 3.63) is 112 Å². The SMILES string of the molecule is COc1ccc(CCOc2cccc(C(CC(=O)N3CCOCC3)c3c(O)c(O)c(O)c4c(=O)cc(-c5ccccc5)oc34)c2)cc1. The highest BCUT2D eigenvalue weighted by molar-refractivity contribution is 5.94. The second kappa shape index (κ2) is 13.9. The lowest BCUT2D eigenvalue weighted by Crippen LogP contribution is -2.41. The minimum Gasteiger partial charge on any atom is -0.504 e. The van der Waals surface area contributed by atoms with E-state index in [1.165, 1.54) is 6.07 Å². The number of methoxy groups -OCH3 is 1. The number of phenols is 3. The van der Waals surface area contributed by atoms with Crippen LogP contribution in [0.25, 0.3) is 22.3 Å². The van der Waals surface area contributed by atoms with Gasteiger partial charge in [-0.2, -0.15) is 0 Å². The van der Waals surface area contributed by atoms with Gasteiger partial charge in [0.05, 0.1) is 26.9 Å². The van der Waals surface area contributed by atoms with Crippen LogP contribution in [0.15, 0.2) is 94.1 Å². The summed E-state index contributed by atoms with van der Waals surface area (Å²) in [4.78, 5) is 28.8. The zero-order valence-electron chi connectivity index (χ0n) is 25.8. The molecule has 1 atom stereocenters. The average Bonchev–Trinajstić information content (AvgIpc) is 3.11. The normalized spacial score (nSPS) is 13.8. The van der Waals surface area contributed by atoms with Crippen LogP contribution in [-0.4, -0.2) is 66.1 Å². The zero-order valence-corrected chi connectivity index (χ0v) is 25.8. The predicted molar refractivity (Wildman–Crippen MR) is 175 cm³/mol. The molecule has 1 unspecified atom stereocenters. The first kappa shape index (κ1) is 31.5. The number of hydrogen-bond donors (Lipinski definition) is 3. The van der Waals surface area contributed by atoms with Crippen LogP contribution in [0.3, 0.4) is 0 Å². The van der Waals surface area contributed by atoms with Gasteiger partial charge >= 0.3 is 0 Å². The van der Waals surface area contributed by atoms with Crippen molar-refractivity contribution < 1.29 is 38.7 Å². The second-order valence-electron chi connectivity index (χ2n) is 11.3. The Labute approximate surface area is 271 Å². The molecule has 0 aliphatic carbocycles. The third-order valence-corrected chi connectivity index (χ3v) is 8.36. The van der Waals surface area contributed by atoms with E-state index in [1.807, 2.05) is 30.3 Å². The van der Waals surface area contributed by atoms with Crippen LogP contribution >= 0.6 is 0 Å². The van der Waals surface area contributed by atoms with Crippen molar-refractivity contribution in [3.63, 3.8) is 0 Å². The number of phenolic OH excluding ortho intramolecular Hbond substituents is 3. The number of nitrogens with zero attached hydrogens (tertiary/aromatic N) is 1. The van der Waals surface area contributed by atoms with Crippen LogP contribution in [0.1, 0.15) is 29.0 Å². The van der Waals surface area contributed by atoms with E-state index in [4.69, 9.17) is 18.6 Å². The quantitative estimate of drug-likeness (QED) is 0.167. The van der Waals surface area contributed by atoms with E-state index in [-0.39, 0.29) is 34.6 Å². The molecule has 1 aliphatic rings. The summed E-state index contributed by atoms with van der Waals surface area (Å²) >= 11 is 0. The summed E-state index contributed by atoms with van der Waals surface area (Å²) in [6, 6.07) is 25.0. The van der Waals surface area contributed by atoms with Crippen LogP contribution in [0.5, 0.6) is 28.7 Å². The van der Waals surface area contributed by atoms with Crippen molar-refractivity contribution in [3.8, 4) is 40.1 Å². The van der Waals surface area contributed by atoms with Gasteiger partial charge in [0.1, 0.15) is 28.2 Å². The molecule has 3 N–H and O–H groups in total. The molecule has 5 aromatic rings. The molecular formula is C37H35NO9. The Morgan fingerprint density at radius 3 is 2.34 bits per heavy atom. The maximum atomic E-state index is 13.7. The van der Waals surface area contributed by atoms with Gasteiger partial charge in [0, 0.05) is 49.0 Å². The Hall–Kier alpha value is -5.48. The second-order valence-corrected chi connectivity index (χ2v) is 11.3. The molecule has 2 heterocycles. The van der Waals surface area contributed by atoms with Crippen molar-refractivity contribution in [2.45, 2.75) is 18.8 Å². The molecule has 10 nitrogen and oxygen atoms in total. The standard InChI is InChI=1S/C37H35NO9/c1-44-26-12-10-23(11-13-26)14-17-46-27-9-5-8-25(20-27)28(21-31(40)38-15-18-45-19-16-38)32-34(41)36(43)35(42)33-29(39)22-30(47-37(32)33)24-6-3-2-4-7-24/h2-13,20,22,28,41-43H,14-19,21H2,1H3. The number of ether oxygens (including phenoxy) is 3. The lowest BCUT2D eigenvalue weighted by molar-refractivity contribution is -0.135. The van der Waals surface area contributed by atoms with Crippen molar-refractivity contribution in [2.75, 3.05) is 40.0 Å². The molecule has 10 heteroatoms. The number of aromatic hydroxyl groups is 3. The molecule has 1 fully saturated rings. The van der Waals surface area contributed by atoms with E-state index >= 15 is 0 Å². The molecule has 0 spiro atoms. The first-order valence-electron chi connectivity index (χ1n) is 15.3. The highest BCUT2D eigenvalue weighted by Crippen LogP contribution is 2.49. The molecule has 1 saturated heterocycles. The minimum atomic E-state index is -0.904. The van der Waals surface area contributed by atoms with Crippen molar-refractivity contribution in [1.82, 2.24) is 4.90 Å². The zero-order chi connectivity index (χ0) is 32.9. The molecule has 1 aromatic heterocycles. The van der Waals surface area contributed by atoms with Gasteiger partial charge in [-0.05, 0) is 35.4 Å². The summed E-state index contributed by atoms with van der Waals surface area (Å²) in [6.07, 6.45) is 0.499. The van der Waals surface area contributed by atoms with Crippen molar-refractivity contribution in [2.24, 2.45) is 0 Å². The minimum absolute atomic E-state index is 0.00201. The van der Waals surface area contributed by atoms with E-state index in [1.54, 1.807) is 60.5 Å². The first-order valence-corrected chi connectivity index (χ1v) is 15.3. The smallest absolute Gasteiger partial charge is 0.223 e. The topological polar surface area (TPSA) is 139 Å².